The highest BCUT2D eigenvalue weighted by Gasteiger charge is 2.15. The zero-order valence-corrected chi connectivity index (χ0v) is 10.5. The number of nitrogens with zero attached hydrogens (tertiary/aromatic N) is 4. The summed E-state index contributed by atoms with van der Waals surface area (Å²) < 4.78 is 18.8. The molecule has 20 heavy (non-hydrogen) atoms. The predicted octanol–water partition coefficient (Wildman–Crippen LogP) is 2.22. The Hall–Kier alpha value is -2.83. The van der Waals surface area contributed by atoms with Gasteiger partial charge in [-0.3, -0.25) is 0 Å². The lowest BCUT2D eigenvalue weighted by Gasteiger charge is -1.98. The maximum absolute atomic E-state index is 13.8. The van der Waals surface area contributed by atoms with Gasteiger partial charge in [0.15, 0.2) is 0 Å². The maximum atomic E-state index is 13.8. The minimum atomic E-state index is -0.523. The Kier molecular flexibility index (Phi) is 2.86. The molecule has 1 aromatic carbocycles. The zero-order chi connectivity index (χ0) is 14.1. The Labute approximate surface area is 113 Å². The number of nitrogen functional groups attached to an aromatic ring is 1. The number of halogens is 1. The van der Waals surface area contributed by atoms with Crippen molar-refractivity contribution in [1.29, 1.82) is 0 Å². The van der Waals surface area contributed by atoms with Gasteiger partial charge in [-0.2, -0.15) is 4.98 Å². The van der Waals surface area contributed by atoms with Crippen molar-refractivity contribution in [2.24, 2.45) is 0 Å². The molecule has 2 aromatic heterocycles. The minimum Gasteiger partial charge on any atom is -0.399 e. The summed E-state index contributed by atoms with van der Waals surface area (Å²) in [4.78, 5) is 12.3. The first-order valence-electron chi connectivity index (χ1n) is 5.81. The van der Waals surface area contributed by atoms with Crippen LogP contribution < -0.4 is 5.73 Å². The van der Waals surface area contributed by atoms with E-state index in [9.17, 15) is 4.39 Å². The van der Waals surface area contributed by atoms with E-state index in [4.69, 9.17) is 10.3 Å². The van der Waals surface area contributed by atoms with Gasteiger partial charge in [-0.1, -0.05) is 5.16 Å². The third-order valence-corrected chi connectivity index (χ3v) is 2.63. The van der Waals surface area contributed by atoms with Crippen LogP contribution in [0.1, 0.15) is 5.56 Å². The van der Waals surface area contributed by atoms with E-state index < -0.39 is 5.82 Å². The summed E-state index contributed by atoms with van der Waals surface area (Å²) in [5, 5.41) is 3.75. The van der Waals surface area contributed by atoms with Crippen molar-refractivity contribution < 1.29 is 8.91 Å². The molecular weight excluding hydrogens is 261 g/mol. The molecule has 0 aliphatic heterocycles. The Morgan fingerprint density at radius 1 is 1.15 bits per heavy atom. The molecule has 100 valence electrons. The average Bonchev–Trinajstić information content (AvgIpc) is 2.89. The Morgan fingerprint density at radius 2 is 1.90 bits per heavy atom. The first-order chi connectivity index (χ1) is 9.63. The van der Waals surface area contributed by atoms with Crippen LogP contribution in [0.5, 0.6) is 0 Å². The molecule has 6 nitrogen and oxygen atoms in total. The number of nitrogens with two attached hydrogens (primary N) is 1. The van der Waals surface area contributed by atoms with Crippen LogP contribution in [0.3, 0.4) is 0 Å². The lowest BCUT2D eigenvalue weighted by molar-refractivity contribution is 0.429. The van der Waals surface area contributed by atoms with E-state index in [2.05, 4.69) is 20.1 Å². The molecule has 3 rings (SSSR count). The molecular formula is C13H10FN5O. The van der Waals surface area contributed by atoms with Crippen molar-refractivity contribution in [2.75, 3.05) is 5.73 Å². The van der Waals surface area contributed by atoms with E-state index in [0.717, 1.165) is 5.56 Å². The van der Waals surface area contributed by atoms with Crippen molar-refractivity contribution in [1.82, 2.24) is 20.1 Å². The number of benzene rings is 1. The Balaban J connectivity index is 1.99. The highest BCUT2D eigenvalue weighted by molar-refractivity contribution is 5.60. The first-order valence-corrected chi connectivity index (χ1v) is 5.81. The van der Waals surface area contributed by atoms with Gasteiger partial charge < -0.3 is 10.3 Å². The van der Waals surface area contributed by atoms with Gasteiger partial charge >= 0.3 is 0 Å². The fourth-order valence-electron chi connectivity index (χ4n) is 1.64. The second kappa shape index (κ2) is 4.69. The molecule has 0 saturated heterocycles. The third-order valence-electron chi connectivity index (χ3n) is 2.63. The number of hydrogen-bond acceptors (Lipinski definition) is 6. The molecule has 0 aliphatic carbocycles. The van der Waals surface area contributed by atoms with Crippen molar-refractivity contribution in [3.63, 3.8) is 0 Å². The van der Waals surface area contributed by atoms with E-state index in [1.54, 1.807) is 18.5 Å². The summed E-state index contributed by atoms with van der Waals surface area (Å²) in [5.74, 6) is 0.0596. The fraction of sp³-hybridized carbons (Fsp3) is 0.0769. The SMILES string of the molecule is Cc1cnc(-c2noc(-c3ccc(N)cc3F)n2)nc1. The molecule has 2 heterocycles. The van der Waals surface area contributed by atoms with Gasteiger partial charge in [0.2, 0.25) is 11.6 Å². The van der Waals surface area contributed by atoms with Crippen molar-refractivity contribution in [3.05, 3.63) is 42.0 Å². The van der Waals surface area contributed by atoms with Crippen LogP contribution in [0.4, 0.5) is 10.1 Å². The fourth-order valence-corrected chi connectivity index (χ4v) is 1.64. The largest absolute Gasteiger partial charge is 0.399 e. The average molecular weight is 271 g/mol. The number of aromatic nitrogens is 4. The van der Waals surface area contributed by atoms with E-state index in [1.807, 2.05) is 6.92 Å². The smallest absolute Gasteiger partial charge is 0.261 e. The van der Waals surface area contributed by atoms with E-state index in [1.165, 1.54) is 12.1 Å². The number of anilines is 1. The summed E-state index contributed by atoms with van der Waals surface area (Å²) in [6, 6.07) is 4.24. The standard InChI is InChI=1S/C13H10FN5O/c1-7-5-16-11(17-6-7)12-18-13(20-19-12)9-3-2-8(15)4-10(9)14/h2-6H,15H2,1H3. The molecule has 0 bridgehead atoms. The van der Waals surface area contributed by atoms with Crippen molar-refractivity contribution in [3.8, 4) is 23.1 Å². The van der Waals surface area contributed by atoms with Gasteiger partial charge in [0, 0.05) is 18.1 Å². The van der Waals surface area contributed by atoms with Gasteiger partial charge in [-0.25, -0.2) is 14.4 Å². The topological polar surface area (TPSA) is 90.7 Å². The maximum Gasteiger partial charge on any atom is 0.261 e. The normalized spacial score (nSPS) is 10.7. The summed E-state index contributed by atoms with van der Waals surface area (Å²) in [6.45, 7) is 1.87. The summed E-state index contributed by atoms with van der Waals surface area (Å²) in [6.07, 6.45) is 3.28. The molecule has 0 aliphatic rings. The Morgan fingerprint density at radius 3 is 2.60 bits per heavy atom. The zero-order valence-electron chi connectivity index (χ0n) is 10.5. The summed E-state index contributed by atoms with van der Waals surface area (Å²) in [5.41, 5.74) is 6.92. The Bertz CT molecular complexity index is 754. The third kappa shape index (κ3) is 2.20. The highest BCUT2D eigenvalue weighted by atomic mass is 19.1. The summed E-state index contributed by atoms with van der Waals surface area (Å²) >= 11 is 0. The predicted molar refractivity (Wildman–Crippen MR) is 69.9 cm³/mol. The van der Waals surface area contributed by atoms with Crippen LogP contribution in [0, 0.1) is 12.7 Å². The van der Waals surface area contributed by atoms with E-state index in [-0.39, 0.29) is 17.3 Å². The molecule has 0 unspecified atom stereocenters. The van der Waals surface area contributed by atoms with E-state index >= 15 is 0 Å². The van der Waals surface area contributed by atoms with Crippen molar-refractivity contribution in [2.45, 2.75) is 6.92 Å². The number of hydrogen-bond donors (Lipinski definition) is 1. The molecule has 7 heteroatoms. The van der Waals surface area contributed by atoms with Gasteiger partial charge in [0.25, 0.3) is 5.89 Å². The molecule has 0 spiro atoms. The lowest BCUT2D eigenvalue weighted by atomic mass is 10.2. The van der Waals surface area contributed by atoms with Crippen LogP contribution >= 0.6 is 0 Å². The molecule has 0 fully saturated rings. The van der Waals surface area contributed by atoms with Crippen LogP contribution in [0.2, 0.25) is 0 Å². The highest BCUT2D eigenvalue weighted by Crippen LogP contribution is 2.24. The molecule has 0 saturated carbocycles. The van der Waals surface area contributed by atoms with Gasteiger partial charge in [-0.15, -0.1) is 0 Å². The molecule has 2 N–H and O–H groups in total. The quantitative estimate of drug-likeness (QED) is 0.719. The second-order valence-corrected chi connectivity index (χ2v) is 4.25. The van der Waals surface area contributed by atoms with Gasteiger partial charge in [-0.05, 0) is 30.7 Å². The number of aryl methyl sites for hydroxylation is 1. The van der Waals surface area contributed by atoms with Crippen molar-refractivity contribution >= 4 is 5.69 Å². The lowest BCUT2D eigenvalue weighted by Crippen LogP contribution is -1.92. The van der Waals surface area contributed by atoms with Crippen LogP contribution in [0.15, 0.2) is 35.1 Å². The monoisotopic (exact) mass is 271 g/mol. The summed E-state index contributed by atoms with van der Waals surface area (Å²) in [7, 11) is 0. The second-order valence-electron chi connectivity index (χ2n) is 4.25. The molecule has 3 aromatic rings. The first kappa shape index (κ1) is 12.2. The minimum absolute atomic E-state index is 0.0571. The molecule has 0 atom stereocenters. The van der Waals surface area contributed by atoms with Crippen LogP contribution in [0.25, 0.3) is 23.1 Å². The van der Waals surface area contributed by atoms with Crippen LogP contribution in [-0.2, 0) is 0 Å². The molecule has 0 radical (unpaired) electrons. The van der Waals surface area contributed by atoms with Gasteiger partial charge in [0.1, 0.15) is 5.82 Å². The van der Waals surface area contributed by atoms with Crippen LogP contribution in [-0.4, -0.2) is 20.1 Å². The van der Waals surface area contributed by atoms with E-state index in [0.29, 0.717) is 11.5 Å². The number of rotatable bonds is 2. The van der Waals surface area contributed by atoms with Gasteiger partial charge in [0.05, 0.1) is 5.56 Å². The molecule has 0 amide bonds.